The van der Waals surface area contributed by atoms with Gasteiger partial charge in [-0.25, -0.2) is 4.39 Å². The zero-order valence-electron chi connectivity index (χ0n) is 15.7. The number of likely N-dealkylation sites (N-methyl/N-ethyl adjacent to an activating group) is 1. The predicted octanol–water partition coefficient (Wildman–Crippen LogP) is 3.60. The Kier molecular flexibility index (Phi) is 4.64. The number of carbonyl (C=O) groups is 1. The summed E-state index contributed by atoms with van der Waals surface area (Å²) in [5.74, 6) is 0.0594. The van der Waals surface area contributed by atoms with Crippen LogP contribution >= 0.6 is 0 Å². The lowest BCUT2D eigenvalue weighted by molar-refractivity contribution is -0.132. The Labute approximate surface area is 159 Å². The highest BCUT2D eigenvalue weighted by Crippen LogP contribution is 2.49. The molecule has 1 N–H and O–H groups in total. The number of carbonyl (C=O) groups excluding carboxylic acids is 1. The summed E-state index contributed by atoms with van der Waals surface area (Å²) in [6.07, 6.45) is 1.33. The number of rotatable bonds is 3. The first-order chi connectivity index (χ1) is 13.1. The van der Waals surface area contributed by atoms with E-state index < -0.39 is 0 Å². The molecule has 0 saturated carbocycles. The molecule has 4 rings (SSSR count). The van der Waals surface area contributed by atoms with E-state index in [1.165, 1.54) is 6.07 Å². The van der Waals surface area contributed by atoms with Crippen LogP contribution in [0, 0.1) is 11.7 Å². The third-order valence-corrected chi connectivity index (χ3v) is 6.16. The van der Waals surface area contributed by atoms with Gasteiger partial charge in [-0.15, -0.1) is 0 Å². The summed E-state index contributed by atoms with van der Waals surface area (Å²) < 4.78 is 14.3. The van der Waals surface area contributed by atoms with Gasteiger partial charge in [-0.05, 0) is 35.7 Å². The van der Waals surface area contributed by atoms with Crippen molar-refractivity contribution in [2.45, 2.75) is 31.8 Å². The molecule has 2 aliphatic rings. The number of fused-ring (bicyclic) bond motifs is 3. The minimum absolute atomic E-state index is 0.0172. The summed E-state index contributed by atoms with van der Waals surface area (Å²) in [5, 5.41) is 9.99. The van der Waals surface area contributed by atoms with Crippen LogP contribution < -0.4 is 4.90 Å². The monoisotopic (exact) mass is 368 g/mol. The Morgan fingerprint density at radius 2 is 2.04 bits per heavy atom. The number of nitrogens with zero attached hydrogens (tertiary/aromatic N) is 2. The molecule has 0 spiro atoms. The van der Waals surface area contributed by atoms with Crippen LogP contribution in [-0.2, 0) is 4.79 Å². The lowest BCUT2D eigenvalue weighted by Gasteiger charge is -2.44. The number of hydrogen-bond donors (Lipinski definition) is 1. The number of aliphatic hydroxyl groups excluding tert-OH is 1. The van der Waals surface area contributed by atoms with Crippen molar-refractivity contribution in [2.75, 3.05) is 25.1 Å². The average molecular weight is 368 g/mol. The van der Waals surface area contributed by atoms with E-state index in [2.05, 4.69) is 4.90 Å². The number of halogens is 1. The van der Waals surface area contributed by atoms with Crippen LogP contribution in [-0.4, -0.2) is 42.2 Å². The quantitative estimate of drug-likeness (QED) is 0.900. The highest BCUT2D eigenvalue weighted by molar-refractivity contribution is 5.78. The molecule has 5 heteroatoms. The highest BCUT2D eigenvalue weighted by Gasteiger charge is 2.47. The van der Waals surface area contributed by atoms with Gasteiger partial charge < -0.3 is 14.9 Å². The molecular formula is C22H25FN2O2. The molecule has 0 bridgehead atoms. The summed E-state index contributed by atoms with van der Waals surface area (Å²) in [5.41, 5.74) is 3.44. The van der Waals surface area contributed by atoms with Crippen LogP contribution in [0.1, 0.15) is 31.4 Å². The highest BCUT2D eigenvalue weighted by atomic mass is 19.1. The van der Waals surface area contributed by atoms with Gasteiger partial charge >= 0.3 is 0 Å². The van der Waals surface area contributed by atoms with Crippen molar-refractivity contribution in [1.29, 1.82) is 0 Å². The molecule has 1 saturated heterocycles. The van der Waals surface area contributed by atoms with E-state index in [1.807, 2.05) is 43.1 Å². The van der Waals surface area contributed by atoms with E-state index >= 15 is 0 Å². The normalized spacial score (nSPS) is 23.9. The second-order valence-electron chi connectivity index (χ2n) is 7.45. The van der Waals surface area contributed by atoms with Crippen molar-refractivity contribution in [3.05, 3.63) is 53.8 Å². The minimum Gasteiger partial charge on any atom is -0.394 e. The third kappa shape index (κ3) is 2.81. The molecule has 0 aliphatic carbocycles. The van der Waals surface area contributed by atoms with Gasteiger partial charge in [0, 0.05) is 37.2 Å². The second-order valence-corrected chi connectivity index (χ2v) is 7.45. The van der Waals surface area contributed by atoms with Crippen molar-refractivity contribution < 1.29 is 14.3 Å². The molecule has 4 nitrogen and oxygen atoms in total. The van der Waals surface area contributed by atoms with E-state index in [9.17, 15) is 14.3 Å². The smallest absolute Gasteiger partial charge is 0.222 e. The minimum atomic E-state index is -0.251. The van der Waals surface area contributed by atoms with E-state index in [-0.39, 0.29) is 36.3 Å². The molecule has 0 unspecified atom stereocenters. The molecule has 1 amide bonds. The molecule has 142 valence electrons. The molecule has 27 heavy (non-hydrogen) atoms. The number of aliphatic hydroxyl groups is 1. The van der Waals surface area contributed by atoms with Gasteiger partial charge in [-0.2, -0.15) is 0 Å². The summed E-state index contributed by atoms with van der Waals surface area (Å²) in [4.78, 5) is 16.6. The third-order valence-electron chi connectivity index (χ3n) is 6.16. The Morgan fingerprint density at radius 3 is 2.74 bits per heavy atom. The topological polar surface area (TPSA) is 43.8 Å². The summed E-state index contributed by atoms with van der Waals surface area (Å²) in [7, 11) is 1.99. The Balaban J connectivity index is 1.86. The van der Waals surface area contributed by atoms with E-state index in [4.69, 9.17) is 0 Å². The maximum atomic E-state index is 14.3. The number of amides is 1. The van der Waals surface area contributed by atoms with E-state index in [1.54, 1.807) is 12.1 Å². The molecule has 3 atom stereocenters. The van der Waals surface area contributed by atoms with Crippen LogP contribution in [0.5, 0.6) is 0 Å². The first kappa shape index (κ1) is 18.0. The summed E-state index contributed by atoms with van der Waals surface area (Å²) in [6.45, 7) is 2.64. The van der Waals surface area contributed by atoms with Gasteiger partial charge in [0.1, 0.15) is 5.82 Å². The Morgan fingerprint density at radius 1 is 1.26 bits per heavy atom. The summed E-state index contributed by atoms with van der Waals surface area (Å²) >= 11 is 0. The van der Waals surface area contributed by atoms with Gasteiger partial charge in [0.15, 0.2) is 0 Å². The largest absolute Gasteiger partial charge is 0.394 e. The molecule has 0 aromatic heterocycles. The predicted molar refractivity (Wildman–Crippen MR) is 104 cm³/mol. The molecule has 2 aliphatic heterocycles. The van der Waals surface area contributed by atoms with Gasteiger partial charge in [0.05, 0.1) is 18.7 Å². The lowest BCUT2D eigenvalue weighted by atomic mass is 9.81. The first-order valence-electron chi connectivity index (χ1n) is 9.58. The Hall–Kier alpha value is -2.40. The van der Waals surface area contributed by atoms with Crippen LogP contribution in [0.3, 0.4) is 0 Å². The fourth-order valence-corrected chi connectivity index (χ4v) is 4.80. The van der Waals surface area contributed by atoms with Gasteiger partial charge in [0.2, 0.25) is 5.91 Å². The van der Waals surface area contributed by atoms with Crippen LogP contribution in [0.15, 0.2) is 42.5 Å². The summed E-state index contributed by atoms with van der Waals surface area (Å²) in [6, 6.07) is 12.6. The fraction of sp³-hybridized carbons (Fsp3) is 0.409. The van der Waals surface area contributed by atoms with E-state index in [0.29, 0.717) is 18.5 Å². The van der Waals surface area contributed by atoms with Gasteiger partial charge in [0.25, 0.3) is 0 Å². The van der Waals surface area contributed by atoms with Crippen LogP contribution in [0.25, 0.3) is 11.1 Å². The fourth-order valence-electron chi connectivity index (χ4n) is 4.80. The molecule has 1 fully saturated rings. The number of anilines is 1. The molecule has 2 aromatic carbocycles. The Bertz CT molecular complexity index is 869. The zero-order valence-corrected chi connectivity index (χ0v) is 15.7. The average Bonchev–Trinajstić information content (AvgIpc) is 3.13. The van der Waals surface area contributed by atoms with Crippen molar-refractivity contribution in [3.8, 4) is 11.1 Å². The van der Waals surface area contributed by atoms with Crippen molar-refractivity contribution in [1.82, 2.24) is 4.90 Å². The maximum absolute atomic E-state index is 14.3. The molecule has 2 heterocycles. The maximum Gasteiger partial charge on any atom is 0.222 e. The second kappa shape index (κ2) is 6.97. The lowest BCUT2D eigenvalue weighted by Crippen LogP contribution is -2.48. The molecule has 2 aromatic rings. The van der Waals surface area contributed by atoms with Crippen LogP contribution in [0.2, 0.25) is 0 Å². The molecule has 0 radical (unpaired) electrons. The standard InChI is InChI=1S/C22H25FN2O2/c1-3-21(27)25-11-10-16-20(13-26)24(2)19-9-8-14(12-17(19)22(16)25)15-6-4-5-7-18(15)23/h4-9,12,16,20,22,26H,3,10-11,13H2,1-2H3/t16-,20+,22-/m0/s1. The zero-order chi connectivity index (χ0) is 19.1. The van der Waals surface area contributed by atoms with Crippen molar-refractivity contribution >= 4 is 11.6 Å². The van der Waals surface area contributed by atoms with Gasteiger partial charge in [-0.1, -0.05) is 31.2 Å². The van der Waals surface area contributed by atoms with E-state index in [0.717, 1.165) is 23.2 Å². The molecular weight excluding hydrogens is 343 g/mol. The van der Waals surface area contributed by atoms with Crippen molar-refractivity contribution in [2.24, 2.45) is 5.92 Å². The van der Waals surface area contributed by atoms with Crippen molar-refractivity contribution in [3.63, 3.8) is 0 Å². The SMILES string of the molecule is CCC(=O)N1CC[C@@H]2[C@H]1c1cc(-c3ccccc3F)ccc1N(C)[C@@H]2CO. The van der Waals surface area contributed by atoms with Crippen LogP contribution in [0.4, 0.5) is 10.1 Å². The number of likely N-dealkylation sites (tertiary alicyclic amines) is 1. The number of benzene rings is 2. The number of hydrogen-bond acceptors (Lipinski definition) is 3. The van der Waals surface area contributed by atoms with Gasteiger partial charge in [-0.3, -0.25) is 4.79 Å². The first-order valence-corrected chi connectivity index (χ1v) is 9.58.